The molecule has 5 nitrogen and oxygen atoms in total. The van der Waals surface area contributed by atoms with Crippen molar-refractivity contribution in [2.45, 2.75) is 105 Å². The van der Waals surface area contributed by atoms with Gasteiger partial charge in [-0.15, -0.1) is 0 Å². The highest BCUT2D eigenvalue weighted by molar-refractivity contribution is 5.48. The van der Waals surface area contributed by atoms with E-state index < -0.39 is 11.6 Å². The second-order valence-corrected chi connectivity index (χ2v) is 11.0. The number of hydrogen-bond donors (Lipinski definition) is 0. The van der Waals surface area contributed by atoms with E-state index in [1.165, 1.54) is 11.1 Å². The summed E-state index contributed by atoms with van der Waals surface area (Å²) in [7, 11) is 0. The highest BCUT2D eigenvalue weighted by Crippen LogP contribution is 2.39. The van der Waals surface area contributed by atoms with Crippen molar-refractivity contribution in [1.29, 1.82) is 0 Å². The molecule has 0 spiro atoms. The molecule has 0 aromatic heterocycles. The van der Waals surface area contributed by atoms with Gasteiger partial charge in [-0.05, 0) is 47.2 Å². The molecule has 0 amide bonds. The van der Waals surface area contributed by atoms with E-state index in [0.29, 0.717) is 26.4 Å². The third-order valence-electron chi connectivity index (χ3n) is 6.18. The number of hydrogen-bond acceptors (Lipinski definition) is 5. The van der Waals surface area contributed by atoms with Gasteiger partial charge < -0.3 is 23.7 Å². The number of aryl methyl sites for hydroxylation is 1. The van der Waals surface area contributed by atoms with Gasteiger partial charge in [0.15, 0.2) is 0 Å². The minimum Gasteiger partial charge on any atom is -0.462 e. The van der Waals surface area contributed by atoms with Crippen LogP contribution in [0.25, 0.3) is 0 Å². The van der Waals surface area contributed by atoms with E-state index in [0.717, 1.165) is 40.2 Å². The standard InChI is InChI=1S/C28H38O5/c1-9-18-10-19(24-20(11-18)16-30-27(5,6)32-24)14-29-15-21-12-23(26(2,3)4)13-22-17-31-28(7,8)33-25(21)22/h10-13H,9,14-17H2,1-8H3. The molecular formula is C28H38O5. The normalized spacial score (nSPS) is 18.7. The zero-order valence-corrected chi connectivity index (χ0v) is 21.4. The fourth-order valence-electron chi connectivity index (χ4n) is 4.23. The molecule has 2 aromatic carbocycles. The Morgan fingerprint density at radius 3 is 1.82 bits per heavy atom. The number of ether oxygens (including phenoxy) is 5. The van der Waals surface area contributed by atoms with E-state index >= 15 is 0 Å². The monoisotopic (exact) mass is 454 g/mol. The molecule has 0 aliphatic carbocycles. The topological polar surface area (TPSA) is 46.2 Å². The van der Waals surface area contributed by atoms with E-state index in [-0.39, 0.29) is 5.41 Å². The van der Waals surface area contributed by atoms with Crippen LogP contribution in [0.15, 0.2) is 24.3 Å². The quantitative estimate of drug-likeness (QED) is 0.512. The predicted molar refractivity (Wildman–Crippen MR) is 128 cm³/mol. The molecule has 4 rings (SSSR count). The van der Waals surface area contributed by atoms with Gasteiger partial charge in [-0.3, -0.25) is 0 Å². The maximum atomic E-state index is 6.30. The lowest BCUT2D eigenvalue weighted by Gasteiger charge is -2.35. The van der Waals surface area contributed by atoms with Gasteiger partial charge in [-0.1, -0.05) is 27.7 Å². The van der Waals surface area contributed by atoms with Gasteiger partial charge >= 0.3 is 0 Å². The summed E-state index contributed by atoms with van der Waals surface area (Å²) >= 11 is 0. The molecule has 0 saturated heterocycles. The lowest BCUT2D eigenvalue weighted by Crippen LogP contribution is -2.36. The van der Waals surface area contributed by atoms with Gasteiger partial charge in [0.2, 0.25) is 11.6 Å². The molecule has 0 saturated carbocycles. The average molecular weight is 455 g/mol. The smallest absolute Gasteiger partial charge is 0.205 e. The molecule has 2 aliphatic rings. The summed E-state index contributed by atoms with van der Waals surface area (Å²) in [5.74, 6) is 0.475. The highest BCUT2D eigenvalue weighted by Gasteiger charge is 2.32. The summed E-state index contributed by atoms with van der Waals surface area (Å²) in [6.07, 6.45) is 0.952. The Labute approximate surface area is 198 Å². The zero-order valence-electron chi connectivity index (χ0n) is 21.4. The van der Waals surface area contributed by atoms with E-state index in [1.807, 2.05) is 27.7 Å². The Balaban J connectivity index is 1.60. The summed E-state index contributed by atoms with van der Waals surface area (Å²) < 4.78 is 30.5. The minimum absolute atomic E-state index is 0.0185. The Kier molecular flexibility index (Phi) is 6.27. The Morgan fingerprint density at radius 2 is 1.30 bits per heavy atom. The van der Waals surface area contributed by atoms with Gasteiger partial charge in [0.05, 0.1) is 26.4 Å². The summed E-state index contributed by atoms with van der Waals surface area (Å²) in [5.41, 5.74) is 6.80. The molecule has 0 radical (unpaired) electrons. The SMILES string of the molecule is CCc1cc(COCc2cc(C(C)(C)C)cc3c2OC(C)(C)OC3)c2c(c1)COC(C)(C)O2. The van der Waals surface area contributed by atoms with Crippen molar-refractivity contribution in [3.8, 4) is 11.5 Å². The van der Waals surface area contributed by atoms with Crippen LogP contribution in [0.2, 0.25) is 0 Å². The predicted octanol–water partition coefficient (Wildman–Crippen LogP) is 6.55. The van der Waals surface area contributed by atoms with Gasteiger partial charge in [0.25, 0.3) is 0 Å². The highest BCUT2D eigenvalue weighted by atomic mass is 16.7. The summed E-state index contributed by atoms with van der Waals surface area (Å²) in [4.78, 5) is 0. The van der Waals surface area contributed by atoms with Crippen molar-refractivity contribution in [1.82, 2.24) is 0 Å². The molecule has 0 bridgehead atoms. The molecule has 2 aromatic rings. The number of rotatable bonds is 5. The van der Waals surface area contributed by atoms with Crippen LogP contribution in [0, 0.1) is 0 Å². The van der Waals surface area contributed by atoms with E-state index in [4.69, 9.17) is 23.7 Å². The summed E-state index contributed by atoms with van der Waals surface area (Å²) in [6.45, 7) is 18.6. The minimum atomic E-state index is -0.654. The third kappa shape index (κ3) is 5.37. The van der Waals surface area contributed by atoms with E-state index in [9.17, 15) is 0 Å². The van der Waals surface area contributed by atoms with Gasteiger partial charge in [0.1, 0.15) is 11.5 Å². The summed E-state index contributed by atoms with van der Waals surface area (Å²) in [6, 6.07) is 8.78. The van der Waals surface area contributed by atoms with Gasteiger partial charge in [0, 0.05) is 49.9 Å². The van der Waals surface area contributed by atoms with Crippen LogP contribution in [0.1, 0.15) is 88.8 Å². The van der Waals surface area contributed by atoms with Crippen LogP contribution in [-0.4, -0.2) is 11.6 Å². The van der Waals surface area contributed by atoms with Crippen LogP contribution in [-0.2, 0) is 52.5 Å². The lowest BCUT2D eigenvalue weighted by molar-refractivity contribution is -0.181. The number of benzene rings is 2. The van der Waals surface area contributed by atoms with Gasteiger partial charge in [-0.25, -0.2) is 0 Å². The molecule has 5 heteroatoms. The lowest BCUT2D eigenvalue weighted by atomic mass is 9.84. The second kappa shape index (κ2) is 8.61. The van der Waals surface area contributed by atoms with Gasteiger partial charge in [-0.2, -0.15) is 0 Å². The van der Waals surface area contributed by atoms with Crippen LogP contribution in [0.4, 0.5) is 0 Å². The first-order chi connectivity index (χ1) is 15.4. The second-order valence-electron chi connectivity index (χ2n) is 11.0. The average Bonchev–Trinajstić information content (AvgIpc) is 2.72. The molecule has 33 heavy (non-hydrogen) atoms. The van der Waals surface area contributed by atoms with Crippen LogP contribution in [0.5, 0.6) is 11.5 Å². The first kappa shape index (κ1) is 24.1. The van der Waals surface area contributed by atoms with Crippen LogP contribution < -0.4 is 9.47 Å². The summed E-state index contributed by atoms with van der Waals surface area (Å²) in [5, 5.41) is 0. The molecule has 2 heterocycles. The van der Waals surface area contributed by atoms with Crippen molar-refractivity contribution in [2.75, 3.05) is 0 Å². The third-order valence-corrected chi connectivity index (χ3v) is 6.18. The van der Waals surface area contributed by atoms with Crippen LogP contribution in [0.3, 0.4) is 0 Å². The largest absolute Gasteiger partial charge is 0.462 e. The molecular weight excluding hydrogens is 416 g/mol. The molecule has 0 atom stereocenters. The fourth-order valence-corrected chi connectivity index (χ4v) is 4.23. The Hall–Kier alpha value is -2.08. The molecule has 180 valence electrons. The molecule has 0 N–H and O–H groups in total. The van der Waals surface area contributed by atoms with E-state index in [1.54, 1.807) is 0 Å². The molecule has 2 aliphatic heterocycles. The van der Waals surface area contributed by atoms with Crippen molar-refractivity contribution < 1.29 is 23.7 Å². The fraction of sp³-hybridized carbons (Fsp3) is 0.571. The number of fused-ring (bicyclic) bond motifs is 2. The first-order valence-corrected chi connectivity index (χ1v) is 11.9. The Morgan fingerprint density at radius 1 is 0.788 bits per heavy atom. The maximum absolute atomic E-state index is 6.30. The van der Waals surface area contributed by atoms with Crippen molar-refractivity contribution >= 4 is 0 Å². The van der Waals surface area contributed by atoms with Crippen molar-refractivity contribution in [3.05, 3.63) is 57.6 Å². The molecule has 0 fully saturated rings. The first-order valence-electron chi connectivity index (χ1n) is 11.9. The zero-order chi connectivity index (χ0) is 24.0. The van der Waals surface area contributed by atoms with Crippen LogP contribution >= 0.6 is 0 Å². The molecule has 0 unspecified atom stereocenters. The van der Waals surface area contributed by atoms with Crippen molar-refractivity contribution in [2.24, 2.45) is 0 Å². The van der Waals surface area contributed by atoms with Crippen molar-refractivity contribution in [3.63, 3.8) is 0 Å². The Bertz CT molecular complexity index is 1030. The maximum Gasteiger partial charge on any atom is 0.205 e. The van der Waals surface area contributed by atoms with E-state index in [2.05, 4.69) is 52.0 Å².